The summed E-state index contributed by atoms with van der Waals surface area (Å²) in [6.45, 7) is 5.27. The number of halogens is 1. The van der Waals surface area contributed by atoms with Gasteiger partial charge in [0.25, 0.3) is 0 Å². The molecule has 118 valence electrons. The minimum atomic E-state index is 0.252. The molecule has 0 saturated carbocycles. The van der Waals surface area contributed by atoms with Gasteiger partial charge >= 0.3 is 0 Å². The molecule has 0 aromatic heterocycles. The lowest BCUT2D eigenvalue weighted by atomic mass is 9.97. The van der Waals surface area contributed by atoms with E-state index in [-0.39, 0.29) is 6.04 Å². The summed E-state index contributed by atoms with van der Waals surface area (Å²) in [4.78, 5) is 2.39. The Balaban J connectivity index is 2.16. The molecule has 0 bridgehead atoms. The maximum atomic E-state index is 6.04. The fourth-order valence-electron chi connectivity index (χ4n) is 2.67. The van der Waals surface area contributed by atoms with E-state index in [4.69, 9.17) is 11.6 Å². The van der Waals surface area contributed by atoms with E-state index in [0.717, 1.165) is 24.7 Å². The van der Waals surface area contributed by atoms with E-state index in [1.807, 2.05) is 12.1 Å². The molecule has 3 heteroatoms. The summed E-state index contributed by atoms with van der Waals surface area (Å²) >= 11 is 6.04. The van der Waals surface area contributed by atoms with Crippen LogP contribution in [0.4, 0.5) is 0 Å². The number of likely N-dealkylation sites (N-methyl/N-ethyl adjacent to an activating group) is 1. The lowest BCUT2D eigenvalue weighted by Gasteiger charge is -2.29. The molecule has 0 amide bonds. The highest BCUT2D eigenvalue weighted by molar-refractivity contribution is 6.30. The molecule has 0 radical (unpaired) electrons. The van der Waals surface area contributed by atoms with Crippen molar-refractivity contribution in [3.05, 3.63) is 70.7 Å². The molecular formula is C19H25ClN2. The highest BCUT2D eigenvalue weighted by atomic mass is 35.5. The number of hydrogen-bond donors (Lipinski definition) is 1. The number of benzene rings is 2. The van der Waals surface area contributed by atoms with Crippen LogP contribution in [0.15, 0.2) is 54.6 Å². The van der Waals surface area contributed by atoms with Gasteiger partial charge in [0.2, 0.25) is 0 Å². The molecule has 2 nitrogen and oxygen atoms in total. The third kappa shape index (κ3) is 4.84. The van der Waals surface area contributed by atoms with Crippen LogP contribution < -0.4 is 5.32 Å². The summed E-state index contributed by atoms with van der Waals surface area (Å²) in [5.74, 6) is 0. The highest BCUT2D eigenvalue weighted by Gasteiger charge is 2.18. The van der Waals surface area contributed by atoms with E-state index in [0.29, 0.717) is 0 Å². The van der Waals surface area contributed by atoms with Gasteiger partial charge in [0.05, 0.1) is 6.04 Å². The molecule has 2 aromatic carbocycles. The fraction of sp³-hybridized carbons (Fsp3) is 0.368. The minimum absolute atomic E-state index is 0.252. The molecule has 0 heterocycles. The van der Waals surface area contributed by atoms with Crippen LogP contribution >= 0.6 is 11.6 Å². The highest BCUT2D eigenvalue weighted by Crippen LogP contribution is 2.28. The second-order valence-corrected chi connectivity index (χ2v) is 6.03. The molecule has 0 aliphatic carbocycles. The summed E-state index contributed by atoms with van der Waals surface area (Å²) in [6.07, 6.45) is 1.17. The topological polar surface area (TPSA) is 15.3 Å². The smallest absolute Gasteiger partial charge is 0.0599 e. The molecule has 22 heavy (non-hydrogen) atoms. The van der Waals surface area contributed by atoms with E-state index < -0.39 is 0 Å². The second kappa shape index (κ2) is 8.94. The Morgan fingerprint density at radius 3 is 2.23 bits per heavy atom. The van der Waals surface area contributed by atoms with Crippen molar-refractivity contribution >= 4 is 11.6 Å². The maximum Gasteiger partial charge on any atom is 0.0599 e. The van der Waals surface area contributed by atoms with Crippen molar-refractivity contribution in [3.63, 3.8) is 0 Å². The normalized spacial score (nSPS) is 12.5. The third-order valence-corrected chi connectivity index (χ3v) is 4.06. The molecule has 0 fully saturated rings. The van der Waals surface area contributed by atoms with E-state index >= 15 is 0 Å². The van der Waals surface area contributed by atoms with E-state index in [1.165, 1.54) is 17.5 Å². The van der Waals surface area contributed by atoms with E-state index in [9.17, 15) is 0 Å². The third-order valence-electron chi connectivity index (χ3n) is 3.81. The minimum Gasteiger partial charge on any atom is -0.315 e. The zero-order valence-electron chi connectivity index (χ0n) is 13.4. The standard InChI is InChI=1S/C19H25ClN2/c1-3-13-21-14-15-22(2)19(16-7-5-4-6-8-16)17-9-11-18(20)12-10-17/h4-12,19,21H,3,13-15H2,1-2H3. The first-order chi connectivity index (χ1) is 10.7. The zero-order valence-corrected chi connectivity index (χ0v) is 14.2. The Kier molecular flexibility index (Phi) is 6.91. The van der Waals surface area contributed by atoms with Gasteiger partial charge in [-0.25, -0.2) is 0 Å². The van der Waals surface area contributed by atoms with Crippen molar-refractivity contribution in [1.82, 2.24) is 10.2 Å². The molecule has 2 aromatic rings. The van der Waals surface area contributed by atoms with Gasteiger partial charge in [-0.3, -0.25) is 4.90 Å². The predicted molar refractivity (Wildman–Crippen MR) is 95.5 cm³/mol. The number of nitrogens with one attached hydrogen (secondary N) is 1. The lowest BCUT2D eigenvalue weighted by molar-refractivity contribution is 0.278. The van der Waals surface area contributed by atoms with Crippen molar-refractivity contribution in [2.24, 2.45) is 0 Å². The average molecular weight is 317 g/mol. The Bertz CT molecular complexity index is 539. The van der Waals surface area contributed by atoms with Gasteiger partial charge < -0.3 is 5.32 Å². The largest absolute Gasteiger partial charge is 0.315 e. The predicted octanol–water partition coefficient (Wildman–Crippen LogP) is 4.36. The van der Waals surface area contributed by atoms with Gasteiger partial charge in [-0.05, 0) is 43.3 Å². The molecule has 0 aliphatic heterocycles. The molecule has 2 rings (SSSR count). The molecule has 1 atom stereocenters. The summed E-state index contributed by atoms with van der Waals surface area (Å²) in [5, 5.41) is 4.25. The quantitative estimate of drug-likeness (QED) is 0.728. The summed E-state index contributed by atoms with van der Waals surface area (Å²) < 4.78 is 0. The number of hydrogen-bond acceptors (Lipinski definition) is 2. The van der Waals surface area contributed by atoms with Crippen LogP contribution in [-0.4, -0.2) is 31.6 Å². The van der Waals surface area contributed by atoms with E-state index in [1.54, 1.807) is 0 Å². The summed E-state index contributed by atoms with van der Waals surface area (Å²) in [7, 11) is 2.18. The fourth-order valence-corrected chi connectivity index (χ4v) is 2.79. The van der Waals surface area contributed by atoms with Gasteiger partial charge in [-0.1, -0.05) is 61.0 Å². The second-order valence-electron chi connectivity index (χ2n) is 5.60. The summed E-state index contributed by atoms with van der Waals surface area (Å²) in [6, 6.07) is 19.1. The first-order valence-corrected chi connectivity index (χ1v) is 8.31. The van der Waals surface area contributed by atoms with Crippen LogP contribution in [0.5, 0.6) is 0 Å². The Hall–Kier alpha value is -1.35. The van der Waals surface area contributed by atoms with Gasteiger partial charge in [-0.15, -0.1) is 0 Å². The average Bonchev–Trinajstić information content (AvgIpc) is 2.55. The van der Waals surface area contributed by atoms with Crippen molar-refractivity contribution in [1.29, 1.82) is 0 Å². The van der Waals surface area contributed by atoms with Crippen LogP contribution in [0.1, 0.15) is 30.5 Å². The molecule has 0 spiro atoms. The van der Waals surface area contributed by atoms with E-state index in [2.05, 4.69) is 66.7 Å². The molecular weight excluding hydrogens is 292 g/mol. The van der Waals surface area contributed by atoms with Crippen LogP contribution in [0, 0.1) is 0 Å². The zero-order chi connectivity index (χ0) is 15.8. The monoisotopic (exact) mass is 316 g/mol. The summed E-state index contributed by atoms with van der Waals surface area (Å²) in [5.41, 5.74) is 2.58. The van der Waals surface area contributed by atoms with Gasteiger partial charge in [-0.2, -0.15) is 0 Å². The first kappa shape index (κ1) is 17.0. The van der Waals surface area contributed by atoms with Crippen LogP contribution in [0.3, 0.4) is 0 Å². The Morgan fingerprint density at radius 2 is 1.59 bits per heavy atom. The van der Waals surface area contributed by atoms with Crippen molar-refractivity contribution in [2.45, 2.75) is 19.4 Å². The lowest BCUT2D eigenvalue weighted by Crippen LogP contribution is -2.33. The SMILES string of the molecule is CCCNCCN(C)C(c1ccccc1)c1ccc(Cl)cc1. The molecule has 1 unspecified atom stereocenters. The van der Waals surface area contributed by atoms with Crippen LogP contribution in [0.2, 0.25) is 5.02 Å². The maximum absolute atomic E-state index is 6.04. The number of nitrogens with zero attached hydrogens (tertiary/aromatic N) is 1. The van der Waals surface area contributed by atoms with Gasteiger partial charge in [0.1, 0.15) is 0 Å². The van der Waals surface area contributed by atoms with Crippen LogP contribution in [0.25, 0.3) is 0 Å². The van der Waals surface area contributed by atoms with Crippen molar-refractivity contribution in [3.8, 4) is 0 Å². The van der Waals surface area contributed by atoms with Crippen molar-refractivity contribution < 1.29 is 0 Å². The molecule has 0 saturated heterocycles. The Labute approximate surface area is 139 Å². The molecule has 1 N–H and O–H groups in total. The molecule has 0 aliphatic rings. The first-order valence-electron chi connectivity index (χ1n) is 7.93. The van der Waals surface area contributed by atoms with Crippen LogP contribution in [-0.2, 0) is 0 Å². The van der Waals surface area contributed by atoms with Crippen molar-refractivity contribution in [2.75, 3.05) is 26.7 Å². The number of rotatable bonds is 8. The Morgan fingerprint density at radius 1 is 0.955 bits per heavy atom. The van der Waals surface area contributed by atoms with Gasteiger partial charge in [0.15, 0.2) is 0 Å². The van der Waals surface area contributed by atoms with Gasteiger partial charge in [0, 0.05) is 18.1 Å².